The molecule has 0 fully saturated rings. The Morgan fingerprint density at radius 1 is 1.03 bits per heavy atom. The monoisotopic (exact) mass is 454 g/mol. The van der Waals surface area contributed by atoms with E-state index in [2.05, 4.69) is 17.2 Å². The van der Waals surface area contributed by atoms with Crippen molar-refractivity contribution in [1.29, 1.82) is 0 Å². The molecule has 0 unspecified atom stereocenters. The molecule has 7 nitrogen and oxygen atoms in total. The summed E-state index contributed by atoms with van der Waals surface area (Å²) in [6, 6.07) is 11.8. The van der Waals surface area contributed by atoms with Crippen LogP contribution in [0.25, 0.3) is 10.8 Å². The molecule has 2 aromatic rings. The Balaban J connectivity index is 2.30. The summed E-state index contributed by atoms with van der Waals surface area (Å²) in [6.07, 6.45) is 0.974. The summed E-state index contributed by atoms with van der Waals surface area (Å²) in [7, 11) is 0. The topological polar surface area (TPSA) is 93.7 Å². The second-order valence-electron chi connectivity index (χ2n) is 9.19. The van der Waals surface area contributed by atoms with Crippen LogP contribution in [-0.4, -0.2) is 42.3 Å². The summed E-state index contributed by atoms with van der Waals surface area (Å²) < 4.78 is 10.5. The summed E-state index contributed by atoms with van der Waals surface area (Å²) in [5.74, 6) is -1.27. The van der Waals surface area contributed by atoms with Crippen LogP contribution in [-0.2, 0) is 25.5 Å². The van der Waals surface area contributed by atoms with E-state index in [1.165, 1.54) is 6.08 Å². The average molecular weight is 455 g/mol. The number of ether oxygens (including phenoxy) is 2. The number of benzene rings is 2. The van der Waals surface area contributed by atoms with Crippen LogP contribution < -0.4 is 10.6 Å². The van der Waals surface area contributed by atoms with E-state index in [1.807, 2.05) is 42.5 Å². The second kappa shape index (κ2) is 11.5. The van der Waals surface area contributed by atoms with Gasteiger partial charge in [0.2, 0.25) is 5.91 Å². The molecule has 0 spiro atoms. The van der Waals surface area contributed by atoms with Crippen LogP contribution in [0, 0.1) is 5.92 Å². The third-order valence-corrected chi connectivity index (χ3v) is 4.87. The number of carbonyl (C=O) groups is 3. The lowest BCUT2D eigenvalue weighted by atomic mass is 9.97. The van der Waals surface area contributed by atoms with Gasteiger partial charge in [0, 0.05) is 6.42 Å². The van der Waals surface area contributed by atoms with E-state index >= 15 is 0 Å². The fourth-order valence-electron chi connectivity index (χ4n) is 3.33. The first-order valence-corrected chi connectivity index (χ1v) is 11.1. The molecule has 0 saturated heterocycles. The summed E-state index contributed by atoms with van der Waals surface area (Å²) in [5, 5.41) is 7.42. The molecule has 2 rings (SSSR count). The van der Waals surface area contributed by atoms with Crippen LogP contribution in [0.4, 0.5) is 4.79 Å². The summed E-state index contributed by atoms with van der Waals surface area (Å²) in [4.78, 5) is 38.2. The van der Waals surface area contributed by atoms with Gasteiger partial charge in [0.1, 0.15) is 24.3 Å². The van der Waals surface area contributed by atoms with E-state index in [0.29, 0.717) is 0 Å². The lowest BCUT2D eigenvalue weighted by molar-refractivity contribution is -0.148. The molecule has 0 aliphatic rings. The zero-order chi connectivity index (χ0) is 24.6. The molecule has 2 aromatic carbocycles. The average Bonchev–Trinajstić information content (AvgIpc) is 2.73. The van der Waals surface area contributed by atoms with Crippen molar-refractivity contribution in [2.75, 3.05) is 6.61 Å². The molecule has 0 aliphatic carbocycles. The molecule has 0 saturated carbocycles. The number of hydrogen-bond acceptors (Lipinski definition) is 5. The van der Waals surface area contributed by atoms with Gasteiger partial charge in [-0.25, -0.2) is 9.59 Å². The standard InChI is InChI=1S/C26H34N2O5/c1-7-15-32-24(30)22(17(2)3)28-23(29)21(27-25(31)33-26(4,5)6)16-19-13-10-12-18-11-8-9-14-20(18)19/h7-14,17,21-22H,1,15-16H2,2-6H3,(H,27,31)(H,28,29)/t21-,22-/m0/s1. The van der Waals surface area contributed by atoms with Gasteiger partial charge in [-0.05, 0) is 43.0 Å². The Hall–Kier alpha value is -3.35. The Labute approximate surface area is 195 Å². The normalized spacial score (nSPS) is 13.2. The number of hydrogen-bond donors (Lipinski definition) is 2. The number of amides is 2. The van der Waals surface area contributed by atoms with E-state index < -0.39 is 35.7 Å². The number of carbonyl (C=O) groups excluding carboxylic acids is 3. The Morgan fingerprint density at radius 2 is 1.70 bits per heavy atom. The Morgan fingerprint density at radius 3 is 2.33 bits per heavy atom. The van der Waals surface area contributed by atoms with Crippen molar-refractivity contribution in [2.24, 2.45) is 5.92 Å². The number of nitrogens with one attached hydrogen (secondary N) is 2. The summed E-state index contributed by atoms with van der Waals surface area (Å²) >= 11 is 0. The minimum Gasteiger partial charge on any atom is -0.460 e. The predicted octanol–water partition coefficient (Wildman–Crippen LogP) is 4.15. The highest BCUT2D eigenvalue weighted by Crippen LogP contribution is 2.20. The fourth-order valence-corrected chi connectivity index (χ4v) is 3.33. The zero-order valence-corrected chi connectivity index (χ0v) is 20.0. The van der Waals surface area contributed by atoms with Crippen molar-refractivity contribution < 1.29 is 23.9 Å². The van der Waals surface area contributed by atoms with Crippen LogP contribution >= 0.6 is 0 Å². The van der Waals surface area contributed by atoms with E-state index in [1.54, 1.807) is 34.6 Å². The maximum Gasteiger partial charge on any atom is 0.408 e. The number of rotatable bonds is 9. The minimum absolute atomic E-state index is 0.0491. The van der Waals surface area contributed by atoms with Crippen molar-refractivity contribution in [3.05, 3.63) is 60.7 Å². The maximum absolute atomic E-state index is 13.3. The molecule has 178 valence electrons. The summed E-state index contributed by atoms with van der Waals surface area (Å²) in [6.45, 7) is 12.4. The largest absolute Gasteiger partial charge is 0.460 e. The number of esters is 1. The van der Waals surface area contributed by atoms with Crippen LogP contribution in [0.5, 0.6) is 0 Å². The van der Waals surface area contributed by atoms with Gasteiger partial charge in [-0.15, -0.1) is 0 Å². The van der Waals surface area contributed by atoms with E-state index in [-0.39, 0.29) is 18.9 Å². The van der Waals surface area contributed by atoms with Crippen LogP contribution in [0.1, 0.15) is 40.2 Å². The molecule has 2 N–H and O–H groups in total. The Bertz CT molecular complexity index is 988. The van der Waals surface area contributed by atoms with Crippen LogP contribution in [0.2, 0.25) is 0 Å². The second-order valence-corrected chi connectivity index (χ2v) is 9.19. The van der Waals surface area contributed by atoms with Crippen molar-refractivity contribution in [2.45, 2.75) is 58.7 Å². The van der Waals surface area contributed by atoms with Crippen molar-refractivity contribution >= 4 is 28.7 Å². The summed E-state index contributed by atoms with van der Waals surface area (Å²) in [5.41, 5.74) is 0.166. The quantitative estimate of drug-likeness (QED) is 0.439. The van der Waals surface area contributed by atoms with E-state index in [4.69, 9.17) is 9.47 Å². The third-order valence-electron chi connectivity index (χ3n) is 4.87. The van der Waals surface area contributed by atoms with Crippen molar-refractivity contribution in [3.63, 3.8) is 0 Å². The van der Waals surface area contributed by atoms with Crippen LogP contribution in [0.3, 0.4) is 0 Å². The predicted molar refractivity (Wildman–Crippen MR) is 129 cm³/mol. The molecule has 0 bridgehead atoms. The fraction of sp³-hybridized carbons (Fsp3) is 0.423. The molecular formula is C26H34N2O5. The van der Waals surface area contributed by atoms with Gasteiger partial charge >= 0.3 is 12.1 Å². The van der Waals surface area contributed by atoms with Crippen molar-refractivity contribution in [1.82, 2.24) is 10.6 Å². The molecule has 0 aliphatic heterocycles. The number of fused-ring (bicyclic) bond motifs is 1. The molecule has 33 heavy (non-hydrogen) atoms. The van der Waals surface area contributed by atoms with Crippen LogP contribution in [0.15, 0.2) is 55.1 Å². The zero-order valence-electron chi connectivity index (χ0n) is 20.0. The molecule has 0 aromatic heterocycles. The highest BCUT2D eigenvalue weighted by atomic mass is 16.6. The Kier molecular flexibility index (Phi) is 9.02. The van der Waals surface area contributed by atoms with Crippen molar-refractivity contribution in [3.8, 4) is 0 Å². The smallest absolute Gasteiger partial charge is 0.408 e. The van der Waals surface area contributed by atoms with Gasteiger partial charge in [0.15, 0.2) is 0 Å². The van der Waals surface area contributed by atoms with Gasteiger partial charge in [0.25, 0.3) is 0 Å². The molecule has 0 heterocycles. The van der Waals surface area contributed by atoms with E-state index in [0.717, 1.165) is 16.3 Å². The molecule has 2 atom stereocenters. The lowest BCUT2D eigenvalue weighted by Crippen LogP contribution is -2.54. The molecule has 0 radical (unpaired) electrons. The highest BCUT2D eigenvalue weighted by Gasteiger charge is 2.31. The van der Waals surface area contributed by atoms with Gasteiger partial charge in [0.05, 0.1) is 0 Å². The molecule has 7 heteroatoms. The van der Waals surface area contributed by atoms with Gasteiger partial charge in [-0.2, -0.15) is 0 Å². The minimum atomic E-state index is -0.959. The first kappa shape index (κ1) is 25.9. The molecule has 2 amide bonds. The van der Waals surface area contributed by atoms with E-state index in [9.17, 15) is 14.4 Å². The SMILES string of the molecule is C=CCOC(=O)[C@@H](NC(=O)[C@H](Cc1cccc2ccccc12)NC(=O)OC(C)(C)C)C(C)C. The van der Waals surface area contributed by atoms with Gasteiger partial charge < -0.3 is 20.1 Å². The first-order valence-electron chi connectivity index (χ1n) is 11.1. The lowest BCUT2D eigenvalue weighted by Gasteiger charge is -2.26. The number of alkyl carbamates (subject to hydrolysis) is 1. The van der Waals surface area contributed by atoms with Gasteiger partial charge in [-0.3, -0.25) is 4.79 Å². The van der Waals surface area contributed by atoms with Gasteiger partial charge in [-0.1, -0.05) is 69.0 Å². The highest BCUT2D eigenvalue weighted by molar-refractivity contribution is 5.91. The third kappa shape index (κ3) is 7.93. The molecular weight excluding hydrogens is 420 g/mol. The first-order chi connectivity index (χ1) is 15.5. The maximum atomic E-state index is 13.3.